The summed E-state index contributed by atoms with van der Waals surface area (Å²) in [4.78, 5) is 25.8. The summed E-state index contributed by atoms with van der Waals surface area (Å²) in [7, 11) is 1.59. The molecule has 0 fully saturated rings. The van der Waals surface area contributed by atoms with Crippen molar-refractivity contribution in [2.45, 2.75) is 13.8 Å². The topological polar surface area (TPSA) is 76.7 Å². The lowest BCUT2D eigenvalue weighted by atomic mass is 10.1. The van der Waals surface area contributed by atoms with Crippen LogP contribution in [0.15, 0.2) is 66.7 Å². The molecule has 6 nitrogen and oxygen atoms in total. The maximum Gasteiger partial charge on any atom is 0.259 e. The highest BCUT2D eigenvalue weighted by molar-refractivity contribution is 6.13. The summed E-state index contributed by atoms with van der Waals surface area (Å²) in [6.45, 7) is 4.75. The molecule has 0 unspecified atom stereocenters. The van der Waals surface area contributed by atoms with E-state index in [9.17, 15) is 9.59 Å². The van der Waals surface area contributed by atoms with Gasteiger partial charge in [0.15, 0.2) is 0 Å². The van der Waals surface area contributed by atoms with Gasteiger partial charge in [0.1, 0.15) is 12.4 Å². The summed E-state index contributed by atoms with van der Waals surface area (Å²) in [5.41, 5.74) is 4.10. The summed E-state index contributed by atoms with van der Waals surface area (Å²) in [5.74, 6) is -0.211. The van der Waals surface area contributed by atoms with Crippen molar-refractivity contribution in [3.05, 3.63) is 89.0 Å². The molecule has 0 heterocycles. The van der Waals surface area contributed by atoms with Crippen molar-refractivity contribution in [3.63, 3.8) is 0 Å². The van der Waals surface area contributed by atoms with Crippen LogP contribution >= 0.6 is 0 Å². The molecule has 0 aromatic heterocycles. The lowest BCUT2D eigenvalue weighted by Gasteiger charge is -2.14. The van der Waals surface area contributed by atoms with Crippen LogP contribution in [0.5, 0.6) is 5.75 Å². The van der Waals surface area contributed by atoms with Crippen molar-refractivity contribution in [1.82, 2.24) is 0 Å². The molecule has 0 atom stereocenters. The van der Waals surface area contributed by atoms with E-state index in [0.717, 1.165) is 11.1 Å². The average Bonchev–Trinajstić information content (AvgIpc) is 2.77. The number of ether oxygens (including phenoxy) is 2. The van der Waals surface area contributed by atoms with Crippen molar-refractivity contribution in [1.29, 1.82) is 0 Å². The van der Waals surface area contributed by atoms with Gasteiger partial charge >= 0.3 is 0 Å². The number of methoxy groups -OCH3 is 1. The smallest absolute Gasteiger partial charge is 0.259 e. The first-order valence-electron chi connectivity index (χ1n) is 9.99. The van der Waals surface area contributed by atoms with E-state index >= 15 is 0 Å². The van der Waals surface area contributed by atoms with Crippen LogP contribution in [-0.4, -0.2) is 32.1 Å². The Balaban J connectivity index is 1.78. The monoisotopic (exact) mass is 418 g/mol. The number of aryl methyl sites for hydroxylation is 2. The van der Waals surface area contributed by atoms with E-state index in [1.165, 1.54) is 0 Å². The highest BCUT2D eigenvalue weighted by Crippen LogP contribution is 2.23. The molecule has 0 saturated heterocycles. The zero-order valence-electron chi connectivity index (χ0n) is 17.9. The van der Waals surface area contributed by atoms with Crippen molar-refractivity contribution < 1.29 is 19.1 Å². The Hall–Kier alpha value is -3.64. The Kier molecular flexibility index (Phi) is 7.40. The molecule has 0 radical (unpaired) electrons. The van der Waals surface area contributed by atoms with Crippen molar-refractivity contribution in [3.8, 4) is 5.75 Å². The summed E-state index contributed by atoms with van der Waals surface area (Å²) >= 11 is 0. The second-order valence-electron chi connectivity index (χ2n) is 7.09. The van der Waals surface area contributed by atoms with Crippen LogP contribution < -0.4 is 15.4 Å². The van der Waals surface area contributed by atoms with E-state index in [0.29, 0.717) is 41.5 Å². The molecule has 0 aliphatic rings. The fourth-order valence-corrected chi connectivity index (χ4v) is 3.01. The van der Waals surface area contributed by atoms with Crippen LogP contribution in [0.2, 0.25) is 0 Å². The second-order valence-corrected chi connectivity index (χ2v) is 7.09. The maximum atomic E-state index is 12.9. The van der Waals surface area contributed by atoms with Crippen molar-refractivity contribution >= 4 is 23.2 Å². The number of para-hydroxylation sites is 2. The highest BCUT2D eigenvalue weighted by atomic mass is 16.5. The van der Waals surface area contributed by atoms with E-state index in [-0.39, 0.29) is 11.8 Å². The fraction of sp³-hybridized carbons (Fsp3) is 0.200. The van der Waals surface area contributed by atoms with Gasteiger partial charge in [0, 0.05) is 12.8 Å². The van der Waals surface area contributed by atoms with Gasteiger partial charge in [-0.15, -0.1) is 0 Å². The lowest BCUT2D eigenvalue weighted by molar-refractivity contribution is 0.101. The number of nitrogens with one attached hydrogen (secondary N) is 2. The van der Waals surface area contributed by atoms with Gasteiger partial charge in [-0.05, 0) is 61.4 Å². The van der Waals surface area contributed by atoms with Gasteiger partial charge in [-0.3, -0.25) is 9.59 Å². The largest absolute Gasteiger partial charge is 0.490 e. The van der Waals surface area contributed by atoms with E-state index in [2.05, 4.69) is 10.6 Å². The Bertz CT molecular complexity index is 1080. The maximum absolute atomic E-state index is 12.9. The minimum Gasteiger partial charge on any atom is -0.490 e. The van der Waals surface area contributed by atoms with E-state index in [4.69, 9.17) is 9.47 Å². The summed E-state index contributed by atoms with van der Waals surface area (Å²) in [6, 6.07) is 19.6. The van der Waals surface area contributed by atoms with E-state index in [1.54, 1.807) is 55.6 Å². The molecule has 2 amide bonds. The standard InChI is InChI=1S/C25H26N2O4/c1-17-12-13-19(16-18(17)2)26-24(28)20-8-4-6-10-22(20)27-25(29)21-9-5-7-11-23(21)31-15-14-30-3/h4-13,16H,14-15H2,1-3H3,(H,26,28)(H,27,29). The van der Waals surface area contributed by atoms with Crippen molar-refractivity contribution in [2.24, 2.45) is 0 Å². The quantitative estimate of drug-likeness (QED) is 0.514. The Morgan fingerprint density at radius 3 is 2.19 bits per heavy atom. The van der Waals surface area contributed by atoms with Crippen LogP contribution in [0.3, 0.4) is 0 Å². The summed E-state index contributed by atoms with van der Waals surface area (Å²) < 4.78 is 10.6. The molecule has 160 valence electrons. The lowest BCUT2D eigenvalue weighted by Crippen LogP contribution is -2.19. The highest BCUT2D eigenvalue weighted by Gasteiger charge is 2.17. The van der Waals surface area contributed by atoms with Gasteiger partial charge in [-0.1, -0.05) is 30.3 Å². The van der Waals surface area contributed by atoms with Crippen LogP contribution in [0.25, 0.3) is 0 Å². The van der Waals surface area contributed by atoms with Gasteiger partial charge < -0.3 is 20.1 Å². The second kappa shape index (κ2) is 10.4. The molecule has 2 N–H and O–H groups in total. The fourth-order valence-electron chi connectivity index (χ4n) is 3.01. The van der Waals surface area contributed by atoms with Gasteiger partial charge in [0.25, 0.3) is 11.8 Å². The molecule has 6 heteroatoms. The Labute approximate surface area is 182 Å². The molecule has 31 heavy (non-hydrogen) atoms. The number of anilines is 2. The predicted octanol–water partition coefficient (Wildman–Crippen LogP) is 4.83. The molecule has 3 rings (SSSR count). The third-order valence-electron chi connectivity index (χ3n) is 4.86. The van der Waals surface area contributed by atoms with E-state index < -0.39 is 0 Å². The zero-order chi connectivity index (χ0) is 22.2. The molecule has 0 aliphatic heterocycles. The minimum atomic E-state index is -0.362. The number of carbonyl (C=O) groups excluding carboxylic acids is 2. The predicted molar refractivity (Wildman–Crippen MR) is 122 cm³/mol. The van der Waals surface area contributed by atoms with Gasteiger partial charge in [0.05, 0.1) is 23.4 Å². The van der Waals surface area contributed by atoms with Crippen LogP contribution in [-0.2, 0) is 4.74 Å². The van der Waals surface area contributed by atoms with Crippen LogP contribution in [0, 0.1) is 13.8 Å². The third kappa shape index (κ3) is 5.71. The minimum absolute atomic E-state index is 0.302. The molecule has 0 bridgehead atoms. The van der Waals surface area contributed by atoms with Gasteiger partial charge in [0.2, 0.25) is 0 Å². The Morgan fingerprint density at radius 2 is 1.45 bits per heavy atom. The summed E-state index contributed by atoms with van der Waals surface area (Å²) in [6.07, 6.45) is 0. The summed E-state index contributed by atoms with van der Waals surface area (Å²) in [5, 5.41) is 5.73. The number of benzene rings is 3. The van der Waals surface area contributed by atoms with Crippen LogP contribution in [0.4, 0.5) is 11.4 Å². The molecule has 3 aromatic carbocycles. The number of hydrogen-bond acceptors (Lipinski definition) is 4. The number of amides is 2. The first kappa shape index (κ1) is 22.1. The molecule has 0 saturated carbocycles. The number of hydrogen-bond donors (Lipinski definition) is 2. The molecular weight excluding hydrogens is 392 g/mol. The normalized spacial score (nSPS) is 10.4. The Morgan fingerprint density at radius 1 is 0.774 bits per heavy atom. The van der Waals surface area contributed by atoms with Crippen LogP contribution in [0.1, 0.15) is 31.8 Å². The zero-order valence-corrected chi connectivity index (χ0v) is 17.9. The SMILES string of the molecule is COCCOc1ccccc1C(=O)Nc1ccccc1C(=O)Nc1ccc(C)c(C)c1. The number of rotatable bonds is 8. The molecule has 3 aromatic rings. The first-order valence-corrected chi connectivity index (χ1v) is 9.99. The van der Waals surface area contributed by atoms with E-state index in [1.807, 2.05) is 32.0 Å². The average molecular weight is 418 g/mol. The molecule has 0 spiro atoms. The van der Waals surface area contributed by atoms with Gasteiger partial charge in [-0.2, -0.15) is 0 Å². The van der Waals surface area contributed by atoms with Crippen molar-refractivity contribution in [2.75, 3.05) is 31.0 Å². The first-order chi connectivity index (χ1) is 15.0. The van der Waals surface area contributed by atoms with Gasteiger partial charge in [-0.25, -0.2) is 0 Å². The molecular formula is C25H26N2O4. The molecule has 0 aliphatic carbocycles. The third-order valence-corrected chi connectivity index (χ3v) is 4.86. The number of carbonyl (C=O) groups is 2.